The van der Waals surface area contributed by atoms with Gasteiger partial charge < -0.3 is 5.73 Å². The molecule has 4 aromatic rings. The molecule has 128 valence electrons. The fourth-order valence-electron chi connectivity index (χ4n) is 3.08. The molecule has 26 heavy (non-hydrogen) atoms. The summed E-state index contributed by atoms with van der Waals surface area (Å²) < 4.78 is 0. The van der Waals surface area contributed by atoms with Crippen LogP contribution in [0.4, 0.5) is 0 Å². The number of nitrogens with zero attached hydrogens (tertiary/aromatic N) is 2. The zero-order valence-electron chi connectivity index (χ0n) is 14.1. The molecule has 4 rings (SSSR count). The number of benzene rings is 3. The second-order valence-electron chi connectivity index (χ2n) is 6.25. The van der Waals surface area contributed by atoms with Gasteiger partial charge in [0.15, 0.2) is 5.82 Å². The van der Waals surface area contributed by atoms with Crippen LogP contribution in [0.5, 0.6) is 0 Å². The third kappa shape index (κ3) is 3.45. The fraction of sp³-hybridized carbons (Fsp3) is 0.0909. The summed E-state index contributed by atoms with van der Waals surface area (Å²) in [5.74, 6) is 0.666. The standard InChI is InChI=1S/C22H18ClN3/c23-17-12-10-16(11-13-17)22-25-20-9-5-4-8-18(20)21(26-22)19(24)14-15-6-2-1-3-7-15/h1-13,19H,14,24H2. The monoisotopic (exact) mass is 359 g/mol. The summed E-state index contributed by atoms with van der Waals surface area (Å²) >= 11 is 6.01. The first-order chi connectivity index (χ1) is 12.7. The van der Waals surface area contributed by atoms with Crippen LogP contribution in [0.1, 0.15) is 17.3 Å². The summed E-state index contributed by atoms with van der Waals surface area (Å²) in [6.45, 7) is 0. The van der Waals surface area contributed by atoms with Crippen LogP contribution in [0, 0.1) is 0 Å². The molecule has 0 saturated carbocycles. The van der Waals surface area contributed by atoms with E-state index in [1.807, 2.05) is 66.7 Å². The highest BCUT2D eigenvalue weighted by Crippen LogP contribution is 2.27. The zero-order valence-corrected chi connectivity index (χ0v) is 14.9. The highest BCUT2D eigenvalue weighted by atomic mass is 35.5. The Balaban J connectivity index is 1.80. The van der Waals surface area contributed by atoms with E-state index in [-0.39, 0.29) is 6.04 Å². The molecule has 0 aliphatic carbocycles. The number of halogens is 1. The quantitative estimate of drug-likeness (QED) is 0.545. The lowest BCUT2D eigenvalue weighted by atomic mass is 10.0. The van der Waals surface area contributed by atoms with E-state index in [0.29, 0.717) is 10.8 Å². The van der Waals surface area contributed by atoms with Gasteiger partial charge in [-0.05, 0) is 42.3 Å². The van der Waals surface area contributed by atoms with Crippen molar-refractivity contribution in [2.45, 2.75) is 12.5 Å². The molecule has 3 nitrogen and oxygen atoms in total. The maximum absolute atomic E-state index is 6.55. The van der Waals surface area contributed by atoms with Gasteiger partial charge in [0.25, 0.3) is 0 Å². The fourth-order valence-corrected chi connectivity index (χ4v) is 3.20. The number of nitrogens with two attached hydrogens (primary N) is 1. The summed E-state index contributed by atoms with van der Waals surface area (Å²) in [5, 5.41) is 1.68. The Morgan fingerprint density at radius 3 is 2.27 bits per heavy atom. The zero-order chi connectivity index (χ0) is 17.9. The average Bonchev–Trinajstić information content (AvgIpc) is 2.68. The molecule has 0 fully saturated rings. The lowest BCUT2D eigenvalue weighted by Gasteiger charge is -2.15. The van der Waals surface area contributed by atoms with Gasteiger partial charge in [-0.2, -0.15) is 0 Å². The third-order valence-corrected chi connectivity index (χ3v) is 4.64. The van der Waals surface area contributed by atoms with E-state index in [9.17, 15) is 0 Å². The molecule has 1 unspecified atom stereocenters. The van der Waals surface area contributed by atoms with E-state index in [2.05, 4.69) is 12.1 Å². The summed E-state index contributed by atoms with van der Waals surface area (Å²) in [6.07, 6.45) is 0.724. The van der Waals surface area contributed by atoms with Gasteiger partial charge in [-0.3, -0.25) is 0 Å². The SMILES string of the molecule is NC(Cc1ccccc1)c1nc(-c2ccc(Cl)cc2)nc2ccccc12. The third-order valence-electron chi connectivity index (χ3n) is 4.38. The molecular weight excluding hydrogens is 342 g/mol. The summed E-state index contributed by atoms with van der Waals surface area (Å²) in [5.41, 5.74) is 10.4. The van der Waals surface area contributed by atoms with Crippen LogP contribution < -0.4 is 5.73 Å². The molecule has 1 heterocycles. The largest absolute Gasteiger partial charge is 0.322 e. The van der Waals surface area contributed by atoms with E-state index in [0.717, 1.165) is 28.6 Å². The molecule has 0 bridgehead atoms. The molecule has 0 aliphatic heterocycles. The van der Waals surface area contributed by atoms with Crippen molar-refractivity contribution in [3.8, 4) is 11.4 Å². The van der Waals surface area contributed by atoms with E-state index < -0.39 is 0 Å². The topological polar surface area (TPSA) is 51.8 Å². The Labute approximate surface area is 157 Å². The van der Waals surface area contributed by atoms with Gasteiger partial charge in [0.2, 0.25) is 0 Å². The van der Waals surface area contributed by atoms with Gasteiger partial charge in [0.05, 0.1) is 17.3 Å². The van der Waals surface area contributed by atoms with Crippen molar-refractivity contribution in [3.05, 3.63) is 95.1 Å². The summed E-state index contributed by atoms with van der Waals surface area (Å²) in [4.78, 5) is 9.53. The number of fused-ring (bicyclic) bond motifs is 1. The number of aromatic nitrogens is 2. The Bertz CT molecular complexity index is 1030. The molecule has 4 heteroatoms. The van der Waals surface area contributed by atoms with Crippen LogP contribution in [0.25, 0.3) is 22.3 Å². The predicted octanol–water partition coefficient (Wildman–Crippen LogP) is 5.19. The number of rotatable bonds is 4. The van der Waals surface area contributed by atoms with Gasteiger partial charge in [-0.1, -0.05) is 60.1 Å². The van der Waals surface area contributed by atoms with Gasteiger partial charge in [-0.25, -0.2) is 9.97 Å². The molecule has 0 aliphatic rings. The number of para-hydroxylation sites is 1. The van der Waals surface area contributed by atoms with E-state index in [4.69, 9.17) is 27.3 Å². The minimum absolute atomic E-state index is 0.212. The van der Waals surface area contributed by atoms with Crippen LogP contribution in [0.3, 0.4) is 0 Å². The number of hydrogen-bond donors (Lipinski definition) is 1. The maximum Gasteiger partial charge on any atom is 0.160 e. The first-order valence-electron chi connectivity index (χ1n) is 8.53. The Kier molecular flexibility index (Phi) is 4.65. The molecule has 0 radical (unpaired) electrons. The van der Waals surface area contributed by atoms with Crippen molar-refractivity contribution in [2.75, 3.05) is 0 Å². The molecule has 0 saturated heterocycles. The molecule has 0 spiro atoms. The van der Waals surface area contributed by atoms with E-state index >= 15 is 0 Å². The summed E-state index contributed by atoms with van der Waals surface area (Å²) in [7, 11) is 0. The highest BCUT2D eigenvalue weighted by molar-refractivity contribution is 6.30. The van der Waals surface area contributed by atoms with Crippen molar-refractivity contribution in [1.82, 2.24) is 9.97 Å². The first-order valence-corrected chi connectivity index (χ1v) is 8.90. The van der Waals surface area contributed by atoms with Crippen LogP contribution in [-0.2, 0) is 6.42 Å². The highest BCUT2D eigenvalue weighted by Gasteiger charge is 2.16. The van der Waals surface area contributed by atoms with Crippen molar-refractivity contribution >= 4 is 22.5 Å². The molecule has 1 atom stereocenters. The minimum Gasteiger partial charge on any atom is -0.322 e. The normalized spacial score (nSPS) is 12.2. The van der Waals surface area contributed by atoms with Crippen molar-refractivity contribution in [1.29, 1.82) is 0 Å². The summed E-state index contributed by atoms with van der Waals surface area (Å²) in [6, 6.07) is 25.6. The average molecular weight is 360 g/mol. The van der Waals surface area contributed by atoms with Crippen LogP contribution in [-0.4, -0.2) is 9.97 Å². The van der Waals surface area contributed by atoms with Crippen LogP contribution >= 0.6 is 11.6 Å². The van der Waals surface area contributed by atoms with Crippen LogP contribution in [0.2, 0.25) is 5.02 Å². The second-order valence-corrected chi connectivity index (χ2v) is 6.69. The van der Waals surface area contributed by atoms with E-state index in [1.54, 1.807) is 0 Å². The number of hydrogen-bond acceptors (Lipinski definition) is 3. The maximum atomic E-state index is 6.55. The molecule has 1 aromatic heterocycles. The lowest BCUT2D eigenvalue weighted by Crippen LogP contribution is -2.16. The molecule has 3 aromatic carbocycles. The first kappa shape index (κ1) is 16.7. The van der Waals surface area contributed by atoms with Gasteiger partial charge >= 0.3 is 0 Å². The smallest absolute Gasteiger partial charge is 0.160 e. The van der Waals surface area contributed by atoms with Gasteiger partial charge in [0, 0.05) is 16.0 Å². The Morgan fingerprint density at radius 1 is 0.808 bits per heavy atom. The Morgan fingerprint density at radius 2 is 1.50 bits per heavy atom. The molecular formula is C22H18ClN3. The predicted molar refractivity (Wildman–Crippen MR) is 107 cm³/mol. The van der Waals surface area contributed by atoms with Crippen molar-refractivity contribution in [3.63, 3.8) is 0 Å². The molecule has 2 N–H and O–H groups in total. The van der Waals surface area contributed by atoms with Crippen LogP contribution in [0.15, 0.2) is 78.9 Å². The minimum atomic E-state index is -0.212. The van der Waals surface area contributed by atoms with E-state index in [1.165, 1.54) is 5.56 Å². The Hall–Kier alpha value is -2.75. The van der Waals surface area contributed by atoms with Gasteiger partial charge in [0.1, 0.15) is 0 Å². The second kappa shape index (κ2) is 7.24. The van der Waals surface area contributed by atoms with Gasteiger partial charge in [-0.15, -0.1) is 0 Å². The van der Waals surface area contributed by atoms with Crippen molar-refractivity contribution in [2.24, 2.45) is 5.73 Å². The molecule has 0 amide bonds. The van der Waals surface area contributed by atoms with Crippen molar-refractivity contribution < 1.29 is 0 Å². The lowest BCUT2D eigenvalue weighted by molar-refractivity contribution is 0.703.